The van der Waals surface area contributed by atoms with E-state index in [-0.39, 0.29) is 24.0 Å². The van der Waals surface area contributed by atoms with Gasteiger partial charge in [-0.15, -0.1) is 12.4 Å². The number of nitrogens with zero attached hydrogens (tertiary/aromatic N) is 1. The van der Waals surface area contributed by atoms with E-state index in [9.17, 15) is 9.18 Å². The third-order valence-electron chi connectivity index (χ3n) is 3.87. The minimum absolute atomic E-state index is 0. The van der Waals surface area contributed by atoms with Crippen molar-refractivity contribution in [3.05, 3.63) is 95.4 Å². The van der Waals surface area contributed by atoms with Crippen LogP contribution in [0.2, 0.25) is 0 Å². The molecular weight excluding hydrogens is 353 g/mol. The summed E-state index contributed by atoms with van der Waals surface area (Å²) < 4.78 is 13.0. The van der Waals surface area contributed by atoms with Crippen molar-refractivity contribution < 1.29 is 9.18 Å². The van der Waals surface area contributed by atoms with E-state index in [1.807, 2.05) is 30.3 Å². The van der Waals surface area contributed by atoms with Crippen LogP contribution in [0.4, 0.5) is 10.2 Å². The summed E-state index contributed by atoms with van der Waals surface area (Å²) in [6.07, 6.45) is 1.61. The van der Waals surface area contributed by atoms with Gasteiger partial charge in [-0.1, -0.05) is 30.3 Å². The number of nitrogens with two attached hydrogens (primary N) is 1. The Labute approximate surface area is 157 Å². The lowest BCUT2D eigenvalue weighted by molar-refractivity contribution is 0.0961. The van der Waals surface area contributed by atoms with Gasteiger partial charge in [0, 0.05) is 18.3 Å². The van der Waals surface area contributed by atoms with Gasteiger partial charge in [-0.25, -0.2) is 9.37 Å². The zero-order chi connectivity index (χ0) is 17.6. The van der Waals surface area contributed by atoms with Gasteiger partial charge in [-0.05, 0) is 47.5 Å². The first-order chi connectivity index (χ1) is 12.1. The van der Waals surface area contributed by atoms with E-state index >= 15 is 0 Å². The Balaban J connectivity index is 0.00000243. The Morgan fingerprint density at radius 3 is 2.46 bits per heavy atom. The molecule has 3 N–H and O–H groups in total. The molecule has 3 rings (SSSR count). The number of benzene rings is 2. The van der Waals surface area contributed by atoms with E-state index < -0.39 is 6.04 Å². The first-order valence-corrected chi connectivity index (χ1v) is 7.92. The van der Waals surface area contributed by atoms with Crippen LogP contribution in [-0.4, -0.2) is 10.8 Å². The van der Waals surface area contributed by atoms with Crippen LogP contribution < -0.4 is 11.1 Å². The normalized spacial score (nSPS) is 11.3. The maximum absolute atomic E-state index is 13.0. The van der Waals surface area contributed by atoms with Gasteiger partial charge in [0.1, 0.15) is 11.6 Å². The zero-order valence-electron chi connectivity index (χ0n) is 13.9. The highest BCUT2D eigenvalue weighted by atomic mass is 35.5. The molecule has 3 aromatic rings. The van der Waals surface area contributed by atoms with Crippen molar-refractivity contribution in [1.82, 2.24) is 4.98 Å². The van der Waals surface area contributed by atoms with Gasteiger partial charge in [0.05, 0.1) is 6.04 Å². The molecule has 0 saturated heterocycles. The predicted molar refractivity (Wildman–Crippen MR) is 103 cm³/mol. The van der Waals surface area contributed by atoms with Gasteiger partial charge in [0.15, 0.2) is 5.78 Å². The number of halogens is 2. The van der Waals surface area contributed by atoms with E-state index in [1.165, 1.54) is 24.3 Å². The fourth-order valence-corrected chi connectivity index (χ4v) is 2.47. The average Bonchev–Trinajstić information content (AvgIpc) is 2.67. The maximum atomic E-state index is 13.0. The lowest BCUT2D eigenvalue weighted by Gasteiger charge is -2.13. The largest absolute Gasteiger partial charge is 0.366 e. The molecule has 0 aliphatic carbocycles. The van der Waals surface area contributed by atoms with Gasteiger partial charge in [-0.3, -0.25) is 4.79 Å². The fraction of sp³-hybridized carbons (Fsp3) is 0.100. The minimum Gasteiger partial charge on any atom is -0.366 e. The third-order valence-corrected chi connectivity index (χ3v) is 3.87. The number of carbonyl (C=O) groups is 1. The number of carbonyl (C=O) groups excluding carboxylic acids is 1. The van der Waals surface area contributed by atoms with Crippen LogP contribution in [0.5, 0.6) is 0 Å². The van der Waals surface area contributed by atoms with Crippen molar-refractivity contribution in [2.24, 2.45) is 5.73 Å². The number of rotatable bonds is 6. The standard InChI is InChI=1S/C20H18FN3O.ClH/c21-17-8-6-15(7-9-17)20(25)19(22)16-10-11-23-18(12-16)24-13-14-4-2-1-3-5-14;/h1-12,19H,13,22H2,(H,23,24);1H. The molecule has 0 fully saturated rings. The summed E-state index contributed by atoms with van der Waals surface area (Å²) in [5, 5.41) is 3.21. The molecule has 1 atom stereocenters. The molecule has 0 saturated carbocycles. The summed E-state index contributed by atoms with van der Waals surface area (Å²) in [7, 11) is 0. The van der Waals surface area contributed by atoms with E-state index in [1.54, 1.807) is 18.3 Å². The second-order valence-corrected chi connectivity index (χ2v) is 5.66. The molecule has 1 unspecified atom stereocenters. The van der Waals surface area contributed by atoms with Crippen molar-refractivity contribution >= 4 is 24.0 Å². The summed E-state index contributed by atoms with van der Waals surface area (Å²) in [6.45, 7) is 0.623. The molecular formula is C20H19ClFN3O. The Morgan fingerprint density at radius 1 is 1.08 bits per heavy atom. The van der Waals surface area contributed by atoms with Gasteiger partial charge in [-0.2, -0.15) is 0 Å². The Hall–Kier alpha value is -2.76. The predicted octanol–water partition coefficient (Wildman–Crippen LogP) is 4.14. The number of pyridine rings is 1. The Bertz CT molecular complexity index is 856. The molecule has 0 amide bonds. The summed E-state index contributed by atoms with van der Waals surface area (Å²) >= 11 is 0. The number of aromatic nitrogens is 1. The first-order valence-electron chi connectivity index (χ1n) is 7.92. The van der Waals surface area contributed by atoms with E-state index in [4.69, 9.17) is 5.73 Å². The summed E-state index contributed by atoms with van der Waals surface area (Å²) in [5.41, 5.74) is 8.24. The number of hydrogen-bond donors (Lipinski definition) is 2. The van der Waals surface area contributed by atoms with Gasteiger partial charge in [0.25, 0.3) is 0 Å². The molecule has 0 bridgehead atoms. The number of anilines is 1. The highest BCUT2D eigenvalue weighted by Gasteiger charge is 2.18. The molecule has 26 heavy (non-hydrogen) atoms. The summed E-state index contributed by atoms with van der Waals surface area (Å²) in [5.74, 6) is -0.00894. The second-order valence-electron chi connectivity index (χ2n) is 5.66. The number of Topliss-reactive ketones (excluding diaryl/α,β-unsaturated/α-hetero) is 1. The number of ketones is 1. The van der Waals surface area contributed by atoms with Crippen LogP contribution in [0.3, 0.4) is 0 Å². The van der Waals surface area contributed by atoms with Crippen LogP contribution >= 0.6 is 12.4 Å². The smallest absolute Gasteiger partial charge is 0.184 e. The van der Waals surface area contributed by atoms with Crippen molar-refractivity contribution in [1.29, 1.82) is 0 Å². The quantitative estimate of drug-likeness (QED) is 0.639. The van der Waals surface area contributed by atoms with Gasteiger partial charge >= 0.3 is 0 Å². The molecule has 6 heteroatoms. The highest BCUT2D eigenvalue weighted by molar-refractivity contribution is 6.00. The number of nitrogens with one attached hydrogen (secondary N) is 1. The molecule has 0 spiro atoms. The molecule has 4 nitrogen and oxygen atoms in total. The second kappa shape index (κ2) is 9.08. The molecule has 0 aliphatic rings. The maximum Gasteiger partial charge on any atom is 0.184 e. The zero-order valence-corrected chi connectivity index (χ0v) is 14.7. The Kier molecular flexibility index (Phi) is 6.83. The van der Waals surface area contributed by atoms with E-state index in [0.717, 1.165) is 5.56 Å². The van der Waals surface area contributed by atoms with Crippen LogP contribution in [0.1, 0.15) is 27.5 Å². The molecule has 0 radical (unpaired) electrons. The topological polar surface area (TPSA) is 68.0 Å². The van der Waals surface area contributed by atoms with Crippen molar-refractivity contribution in [2.45, 2.75) is 12.6 Å². The molecule has 0 aliphatic heterocycles. The van der Waals surface area contributed by atoms with Crippen LogP contribution in [-0.2, 0) is 6.54 Å². The van der Waals surface area contributed by atoms with Crippen LogP contribution in [0, 0.1) is 5.82 Å². The number of hydrogen-bond acceptors (Lipinski definition) is 4. The lowest BCUT2D eigenvalue weighted by Crippen LogP contribution is -2.21. The van der Waals surface area contributed by atoms with Gasteiger partial charge in [0.2, 0.25) is 0 Å². The first kappa shape index (κ1) is 19.6. The molecule has 1 heterocycles. The SMILES string of the molecule is Cl.NC(C(=O)c1ccc(F)cc1)c1ccnc(NCc2ccccc2)c1. The van der Waals surface area contributed by atoms with Crippen LogP contribution in [0.25, 0.3) is 0 Å². The molecule has 134 valence electrons. The fourth-order valence-electron chi connectivity index (χ4n) is 2.47. The van der Waals surface area contributed by atoms with E-state index in [2.05, 4.69) is 10.3 Å². The third kappa shape index (κ3) is 4.88. The highest BCUT2D eigenvalue weighted by Crippen LogP contribution is 2.19. The summed E-state index contributed by atoms with van der Waals surface area (Å²) in [4.78, 5) is 16.7. The Morgan fingerprint density at radius 2 is 1.77 bits per heavy atom. The molecule has 1 aromatic heterocycles. The van der Waals surface area contributed by atoms with Crippen molar-refractivity contribution in [3.63, 3.8) is 0 Å². The lowest BCUT2D eigenvalue weighted by atomic mass is 9.99. The monoisotopic (exact) mass is 371 g/mol. The van der Waals surface area contributed by atoms with E-state index in [0.29, 0.717) is 23.5 Å². The van der Waals surface area contributed by atoms with Crippen LogP contribution in [0.15, 0.2) is 72.9 Å². The minimum atomic E-state index is -0.828. The van der Waals surface area contributed by atoms with Crippen molar-refractivity contribution in [2.75, 3.05) is 5.32 Å². The van der Waals surface area contributed by atoms with Crippen molar-refractivity contribution in [3.8, 4) is 0 Å². The average molecular weight is 372 g/mol. The molecule has 2 aromatic carbocycles. The summed E-state index contributed by atoms with van der Waals surface area (Å²) in [6, 6.07) is 17.9. The van der Waals surface area contributed by atoms with Gasteiger partial charge < -0.3 is 11.1 Å².